The smallest absolute Gasteiger partial charge is 0.124 e. The monoisotopic (exact) mass is 287 g/mol. The Morgan fingerprint density at radius 3 is 2.90 bits per heavy atom. The maximum absolute atomic E-state index is 4.95. The van der Waals surface area contributed by atoms with E-state index in [2.05, 4.69) is 30.2 Å². The minimum Gasteiger partial charge on any atom is -0.312 e. The Morgan fingerprint density at radius 2 is 2.20 bits per heavy atom. The molecule has 0 spiro atoms. The lowest BCUT2D eigenvalue weighted by atomic mass is 10.1. The largest absolute Gasteiger partial charge is 0.312 e. The van der Waals surface area contributed by atoms with E-state index < -0.39 is 0 Å². The first-order valence-corrected chi connectivity index (χ1v) is 8.28. The average Bonchev–Trinajstić information content (AvgIpc) is 3.25. The van der Waals surface area contributed by atoms with Crippen LogP contribution in [0.4, 0.5) is 0 Å². The van der Waals surface area contributed by atoms with Crippen LogP contribution >= 0.6 is 11.3 Å². The summed E-state index contributed by atoms with van der Waals surface area (Å²) in [6, 6.07) is 2.10. The zero-order valence-electron chi connectivity index (χ0n) is 12.1. The van der Waals surface area contributed by atoms with Gasteiger partial charge in [-0.3, -0.25) is 4.98 Å². The van der Waals surface area contributed by atoms with Crippen LogP contribution in [0.5, 0.6) is 0 Å². The molecule has 0 aromatic carbocycles. The second-order valence-corrected chi connectivity index (χ2v) is 6.35. The minimum atomic E-state index is 0.709. The molecule has 0 amide bonds. The van der Waals surface area contributed by atoms with E-state index in [1.165, 1.54) is 39.5 Å². The standard InChI is InChI=1S/C16H21N3S/c1-3-11-9-18-8-7-13(11)16-19-15(12-5-6-12)14(20-16)10-17-4-2/h7-9,12,17H,3-6,10H2,1-2H3. The molecule has 2 aromatic rings. The van der Waals surface area contributed by atoms with Crippen molar-refractivity contribution in [1.82, 2.24) is 15.3 Å². The Labute approximate surface area is 124 Å². The molecular weight excluding hydrogens is 266 g/mol. The normalized spacial score (nSPS) is 14.7. The summed E-state index contributed by atoms with van der Waals surface area (Å²) in [6.45, 7) is 6.28. The Morgan fingerprint density at radius 1 is 1.35 bits per heavy atom. The van der Waals surface area contributed by atoms with E-state index in [-0.39, 0.29) is 0 Å². The number of aromatic nitrogens is 2. The predicted octanol–water partition coefficient (Wildman–Crippen LogP) is 3.75. The molecule has 3 nitrogen and oxygen atoms in total. The summed E-state index contributed by atoms with van der Waals surface area (Å²) >= 11 is 1.85. The second kappa shape index (κ2) is 6.02. The molecule has 20 heavy (non-hydrogen) atoms. The quantitative estimate of drug-likeness (QED) is 0.879. The van der Waals surface area contributed by atoms with E-state index in [4.69, 9.17) is 4.98 Å². The molecule has 1 fully saturated rings. The van der Waals surface area contributed by atoms with Gasteiger partial charge in [0.25, 0.3) is 0 Å². The third-order valence-corrected chi connectivity index (χ3v) is 4.85. The van der Waals surface area contributed by atoms with E-state index in [1.54, 1.807) is 0 Å². The molecule has 4 heteroatoms. The van der Waals surface area contributed by atoms with E-state index in [0.29, 0.717) is 5.92 Å². The molecule has 0 unspecified atom stereocenters. The molecule has 0 saturated heterocycles. The lowest BCUT2D eigenvalue weighted by Gasteiger charge is -2.02. The lowest BCUT2D eigenvalue weighted by molar-refractivity contribution is 0.727. The van der Waals surface area contributed by atoms with E-state index in [9.17, 15) is 0 Å². The second-order valence-electron chi connectivity index (χ2n) is 5.27. The van der Waals surface area contributed by atoms with Crippen LogP contribution in [0.15, 0.2) is 18.5 Å². The number of rotatable bonds is 6. The van der Waals surface area contributed by atoms with Crippen molar-refractivity contribution < 1.29 is 0 Å². The molecule has 1 saturated carbocycles. The van der Waals surface area contributed by atoms with Crippen molar-refractivity contribution in [3.63, 3.8) is 0 Å². The van der Waals surface area contributed by atoms with Crippen LogP contribution in [0.1, 0.15) is 48.7 Å². The number of hydrogen-bond donors (Lipinski definition) is 1. The molecule has 106 valence electrons. The third kappa shape index (κ3) is 2.76. The van der Waals surface area contributed by atoms with Gasteiger partial charge in [0.1, 0.15) is 5.01 Å². The summed E-state index contributed by atoms with van der Waals surface area (Å²) in [5.41, 5.74) is 3.89. The summed E-state index contributed by atoms with van der Waals surface area (Å²) in [5.74, 6) is 0.709. The number of hydrogen-bond acceptors (Lipinski definition) is 4. The highest BCUT2D eigenvalue weighted by Gasteiger charge is 2.29. The molecule has 2 heterocycles. The molecule has 1 N–H and O–H groups in total. The van der Waals surface area contributed by atoms with Crippen molar-refractivity contribution in [1.29, 1.82) is 0 Å². The van der Waals surface area contributed by atoms with Gasteiger partial charge >= 0.3 is 0 Å². The molecule has 0 bridgehead atoms. The maximum Gasteiger partial charge on any atom is 0.124 e. The summed E-state index contributed by atoms with van der Waals surface area (Å²) in [7, 11) is 0. The number of nitrogens with one attached hydrogen (secondary N) is 1. The van der Waals surface area contributed by atoms with Gasteiger partial charge in [-0.15, -0.1) is 11.3 Å². The van der Waals surface area contributed by atoms with Crippen molar-refractivity contribution >= 4 is 11.3 Å². The van der Waals surface area contributed by atoms with E-state index >= 15 is 0 Å². The fourth-order valence-electron chi connectivity index (χ4n) is 2.44. The topological polar surface area (TPSA) is 37.8 Å². The summed E-state index contributed by atoms with van der Waals surface area (Å²) in [6.07, 6.45) is 7.46. The highest BCUT2D eigenvalue weighted by molar-refractivity contribution is 7.15. The van der Waals surface area contributed by atoms with Gasteiger partial charge in [0.15, 0.2) is 0 Å². The molecule has 0 aliphatic heterocycles. The molecule has 2 aromatic heterocycles. The predicted molar refractivity (Wildman–Crippen MR) is 84.1 cm³/mol. The van der Waals surface area contributed by atoms with Crippen LogP contribution < -0.4 is 5.32 Å². The number of nitrogens with zero attached hydrogens (tertiary/aromatic N) is 2. The van der Waals surface area contributed by atoms with Gasteiger partial charge in [0.05, 0.1) is 5.69 Å². The van der Waals surface area contributed by atoms with Crippen molar-refractivity contribution in [3.05, 3.63) is 34.6 Å². The Balaban J connectivity index is 1.97. The lowest BCUT2D eigenvalue weighted by Crippen LogP contribution is -2.11. The Kier molecular flexibility index (Phi) is 4.13. The van der Waals surface area contributed by atoms with Gasteiger partial charge in [-0.1, -0.05) is 13.8 Å². The third-order valence-electron chi connectivity index (χ3n) is 3.74. The Hall–Kier alpha value is -1.26. The van der Waals surface area contributed by atoms with Gasteiger partial charge in [0, 0.05) is 35.3 Å². The van der Waals surface area contributed by atoms with Gasteiger partial charge in [-0.05, 0) is 37.4 Å². The summed E-state index contributed by atoms with van der Waals surface area (Å²) in [4.78, 5) is 10.6. The van der Waals surface area contributed by atoms with Crippen LogP contribution in [-0.2, 0) is 13.0 Å². The highest BCUT2D eigenvalue weighted by Crippen LogP contribution is 2.44. The summed E-state index contributed by atoms with van der Waals surface area (Å²) in [5, 5.41) is 4.60. The zero-order chi connectivity index (χ0) is 13.9. The highest BCUT2D eigenvalue weighted by atomic mass is 32.1. The van der Waals surface area contributed by atoms with Crippen LogP contribution in [0.25, 0.3) is 10.6 Å². The maximum atomic E-state index is 4.95. The van der Waals surface area contributed by atoms with Crippen molar-refractivity contribution in [2.45, 2.75) is 45.6 Å². The van der Waals surface area contributed by atoms with Gasteiger partial charge < -0.3 is 5.32 Å². The first kappa shape index (κ1) is 13.7. The van der Waals surface area contributed by atoms with Crippen LogP contribution in [0, 0.1) is 0 Å². The van der Waals surface area contributed by atoms with Crippen molar-refractivity contribution in [2.75, 3.05) is 6.54 Å². The molecule has 1 aliphatic rings. The van der Waals surface area contributed by atoms with Gasteiger partial charge in [-0.25, -0.2) is 4.98 Å². The Bertz CT molecular complexity index is 587. The van der Waals surface area contributed by atoms with Crippen molar-refractivity contribution in [2.24, 2.45) is 0 Å². The summed E-state index contributed by atoms with van der Waals surface area (Å²) < 4.78 is 0. The molecule has 1 aliphatic carbocycles. The van der Waals surface area contributed by atoms with Gasteiger partial charge in [-0.2, -0.15) is 0 Å². The number of pyridine rings is 1. The van der Waals surface area contributed by atoms with Gasteiger partial charge in [0.2, 0.25) is 0 Å². The first-order chi connectivity index (χ1) is 9.83. The number of thiazole rings is 1. The fourth-order valence-corrected chi connectivity index (χ4v) is 3.61. The van der Waals surface area contributed by atoms with Crippen LogP contribution in [0.2, 0.25) is 0 Å². The SMILES string of the molecule is CCNCc1sc(-c2ccncc2CC)nc1C1CC1. The van der Waals surface area contributed by atoms with Crippen LogP contribution in [-0.4, -0.2) is 16.5 Å². The minimum absolute atomic E-state index is 0.709. The molecule has 0 atom stereocenters. The van der Waals surface area contributed by atoms with Crippen LogP contribution in [0.3, 0.4) is 0 Å². The average molecular weight is 287 g/mol. The van der Waals surface area contributed by atoms with Crippen molar-refractivity contribution in [3.8, 4) is 10.6 Å². The molecular formula is C16H21N3S. The molecule has 0 radical (unpaired) electrons. The number of aryl methyl sites for hydroxylation is 1. The van der Waals surface area contributed by atoms with E-state index in [1.807, 2.05) is 23.7 Å². The zero-order valence-corrected chi connectivity index (χ0v) is 13.0. The fraction of sp³-hybridized carbons (Fsp3) is 0.500. The molecule has 3 rings (SSSR count). The van der Waals surface area contributed by atoms with E-state index in [0.717, 1.165) is 19.5 Å². The first-order valence-electron chi connectivity index (χ1n) is 7.47.